The molecule has 0 aliphatic rings. The van der Waals surface area contributed by atoms with E-state index in [1.165, 1.54) is 12.0 Å². The monoisotopic (exact) mass is 235 g/mol. The van der Waals surface area contributed by atoms with Crippen LogP contribution in [-0.4, -0.2) is 29.7 Å². The summed E-state index contributed by atoms with van der Waals surface area (Å²) in [7, 11) is 2.16. The molecule has 0 aromatic heterocycles. The number of nitrogens with zero attached hydrogens (tertiary/aromatic N) is 1. The molecule has 2 nitrogen and oxygen atoms in total. The molecule has 2 heteroatoms. The predicted molar refractivity (Wildman–Crippen MR) is 72.9 cm³/mol. The Morgan fingerprint density at radius 1 is 1.18 bits per heavy atom. The average Bonchev–Trinajstić information content (AvgIpc) is 2.35. The molecule has 0 heterocycles. The lowest BCUT2D eigenvalue weighted by atomic mass is 10.1. The Bertz CT molecular complexity index is 286. The van der Waals surface area contributed by atoms with Gasteiger partial charge in [-0.3, -0.25) is 0 Å². The first kappa shape index (κ1) is 14.2. The first-order chi connectivity index (χ1) is 8.22. The van der Waals surface area contributed by atoms with E-state index in [1.807, 2.05) is 6.92 Å². The molecule has 1 N–H and O–H groups in total. The number of benzene rings is 1. The van der Waals surface area contributed by atoms with Crippen LogP contribution in [0.25, 0.3) is 0 Å². The predicted octanol–water partition coefficient (Wildman–Crippen LogP) is 3.06. The van der Waals surface area contributed by atoms with E-state index in [2.05, 4.69) is 42.3 Å². The van der Waals surface area contributed by atoms with Crippen molar-refractivity contribution in [1.82, 2.24) is 4.90 Å². The minimum Gasteiger partial charge on any atom is -0.393 e. The molecule has 0 saturated heterocycles. The molecule has 1 unspecified atom stereocenters. The minimum absolute atomic E-state index is 0.102. The van der Waals surface area contributed by atoms with Gasteiger partial charge in [-0.05, 0) is 44.8 Å². The zero-order valence-corrected chi connectivity index (χ0v) is 11.1. The summed E-state index contributed by atoms with van der Waals surface area (Å²) >= 11 is 0. The third-order valence-corrected chi connectivity index (χ3v) is 3.09. The smallest absolute Gasteiger partial charge is 0.0537 e. The molecule has 1 atom stereocenters. The first-order valence-corrected chi connectivity index (χ1v) is 6.63. The van der Waals surface area contributed by atoms with Crippen LogP contribution in [0.2, 0.25) is 0 Å². The first-order valence-electron chi connectivity index (χ1n) is 6.63. The molecule has 0 radical (unpaired) electrons. The number of hydrogen-bond acceptors (Lipinski definition) is 2. The third kappa shape index (κ3) is 6.44. The van der Waals surface area contributed by atoms with Crippen LogP contribution in [0, 0.1) is 0 Å². The van der Waals surface area contributed by atoms with Crippen molar-refractivity contribution in [3.8, 4) is 0 Å². The van der Waals surface area contributed by atoms with Crippen molar-refractivity contribution >= 4 is 0 Å². The fourth-order valence-corrected chi connectivity index (χ4v) is 1.94. The van der Waals surface area contributed by atoms with E-state index < -0.39 is 0 Å². The molecule has 0 aliphatic carbocycles. The molecule has 0 spiro atoms. The molecule has 0 aliphatic heterocycles. The van der Waals surface area contributed by atoms with Crippen LogP contribution >= 0.6 is 0 Å². The van der Waals surface area contributed by atoms with E-state index in [9.17, 15) is 5.11 Å². The molecule has 0 bridgehead atoms. The zero-order valence-electron chi connectivity index (χ0n) is 11.1. The number of hydrogen-bond donors (Lipinski definition) is 1. The van der Waals surface area contributed by atoms with E-state index in [-0.39, 0.29) is 6.10 Å². The second-order valence-corrected chi connectivity index (χ2v) is 4.78. The highest BCUT2D eigenvalue weighted by molar-refractivity contribution is 5.14. The number of aliphatic hydroxyl groups is 1. The van der Waals surface area contributed by atoms with Crippen LogP contribution in [0.4, 0.5) is 0 Å². The topological polar surface area (TPSA) is 23.5 Å². The van der Waals surface area contributed by atoms with Crippen molar-refractivity contribution in [2.24, 2.45) is 0 Å². The second kappa shape index (κ2) is 8.26. The quantitative estimate of drug-likeness (QED) is 0.700. The van der Waals surface area contributed by atoms with E-state index >= 15 is 0 Å². The van der Waals surface area contributed by atoms with E-state index in [4.69, 9.17) is 0 Å². The van der Waals surface area contributed by atoms with E-state index in [1.54, 1.807) is 0 Å². The summed E-state index contributed by atoms with van der Waals surface area (Å²) in [6.07, 6.45) is 4.00. The maximum atomic E-state index is 9.44. The Balaban J connectivity index is 2.11. The molecule has 1 rings (SSSR count). The van der Waals surface area contributed by atoms with Crippen molar-refractivity contribution in [2.75, 3.05) is 13.6 Å². The Kier molecular flexibility index (Phi) is 6.90. The van der Waals surface area contributed by atoms with Gasteiger partial charge in [0, 0.05) is 6.54 Å². The van der Waals surface area contributed by atoms with E-state index in [0.29, 0.717) is 0 Å². The summed E-state index contributed by atoms with van der Waals surface area (Å²) in [5.74, 6) is 0. The Hall–Kier alpha value is -0.860. The summed E-state index contributed by atoms with van der Waals surface area (Å²) in [4.78, 5) is 2.34. The highest BCUT2D eigenvalue weighted by Crippen LogP contribution is 2.07. The highest BCUT2D eigenvalue weighted by atomic mass is 16.3. The lowest BCUT2D eigenvalue weighted by Gasteiger charge is -2.17. The van der Waals surface area contributed by atoms with Crippen LogP contribution in [0.5, 0.6) is 0 Å². The van der Waals surface area contributed by atoms with Gasteiger partial charge in [0.1, 0.15) is 0 Å². The summed E-state index contributed by atoms with van der Waals surface area (Å²) in [6, 6.07) is 10.5. The van der Waals surface area contributed by atoms with Gasteiger partial charge < -0.3 is 10.0 Å². The van der Waals surface area contributed by atoms with Gasteiger partial charge in [-0.1, -0.05) is 37.3 Å². The van der Waals surface area contributed by atoms with Crippen LogP contribution in [0.15, 0.2) is 30.3 Å². The highest BCUT2D eigenvalue weighted by Gasteiger charge is 2.02. The Morgan fingerprint density at radius 2 is 1.88 bits per heavy atom. The van der Waals surface area contributed by atoms with Crippen molar-refractivity contribution in [2.45, 2.75) is 45.3 Å². The normalized spacial score (nSPS) is 12.9. The lowest BCUT2D eigenvalue weighted by Crippen LogP contribution is -2.19. The van der Waals surface area contributed by atoms with Crippen molar-refractivity contribution < 1.29 is 5.11 Å². The van der Waals surface area contributed by atoms with Crippen LogP contribution in [0.3, 0.4) is 0 Å². The van der Waals surface area contributed by atoms with Gasteiger partial charge in [0.15, 0.2) is 0 Å². The third-order valence-electron chi connectivity index (χ3n) is 3.09. The van der Waals surface area contributed by atoms with Gasteiger partial charge in [0.2, 0.25) is 0 Å². The van der Waals surface area contributed by atoms with Gasteiger partial charge >= 0.3 is 0 Å². The minimum atomic E-state index is -0.102. The van der Waals surface area contributed by atoms with Crippen molar-refractivity contribution in [1.29, 1.82) is 0 Å². The molecule has 0 fully saturated rings. The Morgan fingerprint density at radius 3 is 2.53 bits per heavy atom. The maximum Gasteiger partial charge on any atom is 0.0537 e. The average molecular weight is 235 g/mol. The van der Waals surface area contributed by atoms with Crippen LogP contribution in [-0.2, 0) is 6.54 Å². The molecular weight excluding hydrogens is 210 g/mol. The summed E-state index contributed by atoms with van der Waals surface area (Å²) in [5.41, 5.74) is 1.36. The van der Waals surface area contributed by atoms with Crippen LogP contribution < -0.4 is 0 Å². The van der Waals surface area contributed by atoms with Crippen LogP contribution in [0.1, 0.15) is 38.2 Å². The fraction of sp³-hybridized carbons (Fsp3) is 0.600. The SMILES string of the molecule is CCC(O)CCCCN(C)Cc1ccccc1. The summed E-state index contributed by atoms with van der Waals surface area (Å²) in [5, 5.41) is 9.44. The molecule has 17 heavy (non-hydrogen) atoms. The number of unbranched alkanes of at least 4 members (excludes halogenated alkanes) is 1. The summed E-state index contributed by atoms with van der Waals surface area (Å²) in [6.45, 7) is 4.15. The lowest BCUT2D eigenvalue weighted by molar-refractivity contribution is 0.155. The fourth-order valence-electron chi connectivity index (χ4n) is 1.94. The zero-order chi connectivity index (χ0) is 12.5. The second-order valence-electron chi connectivity index (χ2n) is 4.78. The van der Waals surface area contributed by atoms with E-state index in [0.717, 1.165) is 32.4 Å². The van der Waals surface area contributed by atoms with Gasteiger partial charge in [-0.15, -0.1) is 0 Å². The van der Waals surface area contributed by atoms with Crippen molar-refractivity contribution in [3.05, 3.63) is 35.9 Å². The molecule has 0 saturated carbocycles. The largest absolute Gasteiger partial charge is 0.393 e. The number of aliphatic hydroxyl groups excluding tert-OH is 1. The van der Waals surface area contributed by atoms with Gasteiger partial charge in [-0.25, -0.2) is 0 Å². The molecular formula is C15H25NO. The molecule has 0 amide bonds. The van der Waals surface area contributed by atoms with Gasteiger partial charge in [0.25, 0.3) is 0 Å². The van der Waals surface area contributed by atoms with Crippen molar-refractivity contribution in [3.63, 3.8) is 0 Å². The van der Waals surface area contributed by atoms with Gasteiger partial charge in [0.05, 0.1) is 6.10 Å². The summed E-state index contributed by atoms with van der Waals surface area (Å²) < 4.78 is 0. The molecule has 96 valence electrons. The number of rotatable bonds is 8. The Labute approximate surface area is 105 Å². The standard InChI is InChI=1S/C15H25NO/c1-3-15(17)11-7-8-12-16(2)13-14-9-5-4-6-10-14/h4-6,9-10,15,17H,3,7-8,11-13H2,1-2H3. The van der Waals surface area contributed by atoms with Gasteiger partial charge in [-0.2, -0.15) is 0 Å². The molecule has 1 aromatic carbocycles. The maximum absolute atomic E-state index is 9.44. The molecule has 1 aromatic rings.